The van der Waals surface area contributed by atoms with E-state index in [1.165, 1.54) is 96.3 Å². The number of aliphatic hydroxyl groups excluding tert-OH is 1. The quantitative estimate of drug-likeness (QED) is 0.152. The molecule has 1 aromatic carbocycles. The minimum Gasteiger partial charge on any atom is -0.399 e. The summed E-state index contributed by atoms with van der Waals surface area (Å²) in [6, 6.07) is 5.71. The van der Waals surface area contributed by atoms with Crippen LogP contribution in [0.2, 0.25) is 0 Å². The first-order valence-electron chi connectivity index (χ1n) is 13.7. The monoisotopic (exact) mass is 459 g/mol. The van der Waals surface area contributed by atoms with Crippen molar-refractivity contribution in [3.63, 3.8) is 0 Å². The summed E-state index contributed by atoms with van der Waals surface area (Å²) in [5, 5.41) is 15.6. The molecule has 3 N–H and O–H groups in total. The van der Waals surface area contributed by atoms with E-state index < -0.39 is 6.10 Å². The average molecular weight is 460 g/mol. The normalized spacial score (nSPS) is 12.5. The van der Waals surface area contributed by atoms with E-state index >= 15 is 0 Å². The smallest absolute Gasteiger partial charge is 0.0969 e. The molecule has 2 rings (SSSR count). The number of rotatable bonds is 21. The van der Waals surface area contributed by atoms with E-state index in [1.807, 2.05) is 22.9 Å². The first-order chi connectivity index (χ1) is 16.2. The van der Waals surface area contributed by atoms with Crippen LogP contribution >= 0.6 is 0 Å². The summed E-state index contributed by atoms with van der Waals surface area (Å²) < 4.78 is 7.50. The Morgan fingerprint density at radius 2 is 1.39 bits per heavy atom. The molecule has 1 atom stereocenters. The molecular weight excluding hydrogens is 410 g/mol. The summed E-state index contributed by atoms with van der Waals surface area (Å²) in [7, 11) is 0. The second kappa shape index (κ2) is 17.8. The van der Waals surface area contributed by atoms with E-state index in [0.29, 0.717) is 13.2 Å². The summed E-state index contributed by atoms with van der Waals surface area (Å²) >= 11 is 0. The SMILES string of the molecule is CCCCCCCCCCCCCCCCCCOCC(O)Cn1ncc2cc(N)ccc21. The number of unbranched alkanes of at least 4 members (excludes halogenated alkanes) is 15. The molecule has 1 unspecified atom stereocenters. The maximum atomic E-state index is 10.3. The van der Waals surface area contributed by atoms with Crippen LogP contribution in [0.4, 0.5) is 5.69 Å². The number of ether oxygens (including phenoxy) is 1. The minimum atomic E-state index is -0.549. The van der Waals surface area contributed by atoms with Gasteiger partial charge < -0.3 is 15.6 Å². The maximum Gasteiger partial charge on any atom is 0.0969 e. The lowest BCUT2D eigenvalue weighted by atomic mass is 10.0. The van der Waals surface area contributed by atoms with Gasteiger partial charge in [0.05, 0.1) is 31.0 Å². The number of benzene rings is 1. The highest BCUT2D eigenvalue weighted by atomic mass is 16.5. The van der Waals surface area contributed by atoms with Crippen molar-refractivity contribution < 1.29 is 9.84 Å². The zero-order chi connectivity index (χ0) is 23.6. The first-order valence-corrected chi connectivity index (χ1v) is 13.7. The lowest BCUT2D eigenvalue weighted by molar-refractivity contribution is 0.0256. The van der Waals surface area contributed by atoms with Crippen LogP contribution in [-0.4, -0.2) is 34.2 Å². The summed E-state index contributed by atoms with van der Waals surface area (Å²) in [5.41, 5.74) is 7.52. The van der Waals surface area contributed by atoms with Gasteiger partial charge in [-0.15, -0.1) is 0 Å². The number of anilines is 1. The largest absolute Gasteiger partial charge is 0.399 e. The van der Waals surface area contributed by atoms with Gasteiger partial charge in [-0.2, -0.15) is 5.10 Å². The summed E-state index contributed by atoms with van der Waals surface area (Å²) in [6.07, 6.45) is 23.2. The molecule has 1 heterocycles. The predicted molar refractivity (Wildman–Crippen MR) is 141 cm³/mol. The first kappa shape index (κ1) is 27.7. The number of nitrogens with two attached hydrogens (primary N) is 1. The van der Waals surface area contributed by atoms with Crippen LogP contribution in [0.3, 0.4) is 0 Å². The highest BCUT2D eigenvalue weighted by molar-refractivity contribution is 5.81. The van der Waals surface area contributed by atoms with Crippen LogP contribution in [0, 0.1) is 0 Å². The highest BCUT2D eigenvalue weighted by Crippen LogP contribution is 2.17. The van der Waals surface area contributed by atoms with Gasteiger partial charge in [-0.05, 0) is 24.6 Å². The van der Waals surface area contributed by atoms with Gasteiger partial charge in [0.1, 0.15) is 0 Å². The van der Waals surface area contributed by atoms with E-state index in [-0.39, 0.29) is 0 Å². The Hall–Kier alpha value is -1.59. The molecule has 0 spiro atoms. The molecule has 0 aliphatic carbocycles. The number of aliphatic hydroxyl groups is 1. The van der Waals surface area contributed by atoms with Gasteiger partial charge in [0.15, 0.2) is 0 Å². The van der Waals surface area contributed by atoms with Crippen LogP contribution in [0.1, 0.15) is 110 Å². The lowest BCUT2D eigenvalue weighted by Crippen LogP contribution is -2.22. The topological polar surface area (TPSA) is 73.3 Å². The molecule has 5 heteroatoms. The Labute approximate surface area is 202 Å². The van der Waals surface area contributed by atoms with Gasteiger partial charge in [-0.1, -0.05) is 103 Å². The van der Waals surface area contributed by atoms with Crippen LogP contribution < -0.4 is 5.73 Å². The molecule has 0 aliphatic heterocycles. The van der Waals surface area contributed by atoms with E-state index in [9.17, 15) is 5.11 Å². The minimum absolute atomic E-state index is 0.356. The van der Waals surface area contributed by atoms with Crippen molar-refractivity contribution >= 4 is 16.6 Å². The molecule has 188 valence electrons. The number of nitrogens with zero attached hydrogens (tertiary/aromatic N) is 2. The van der Waals surface area contributed by atoms with E-state index in [1.54, 1.807) is 6.20 Å². The fourth-order valence-corrected chi connectivity index (χ4v) is 4.47. The summed E-state index contributed by atoms with van der Waals surface area (Å²) in [4.78, 5) is 0. The van der Waals surface area contributed by atoms with Crippen molar-refractivity contribution in [3.8, 4) is 0 Å². The third kappa shape index (κ3) is 12.4. The van der Waals surface area contributed by atoms with Crippen LogP contribution in [0.25, 0.3) is 10.9 Å². The third-order valence-corrected chi connectivity index (χ3v) is 6.50. The van der Waals surface area contributed by atoms with Crippen molar-refractivity contribution in [2.75, 3.05) is 18.9 Å². The maximum absolute atomic E-state index is 10.3. The number of aromatic nitrogens is 2. The molecule has 0 aliphatic rings. The van der Waals surface area contributed by atoms with Crippen LogP contribution in [0.5, 0.6) is 0 Å². The van der Waals surface area contributed by atoms with Crippen molar-refractivity contribution in [1.29, 1.82) is 0 Å². The Kier molecular flexibility index (Phi) is 14.9. The van der Waals surface area contributed by atoms with Crippen molar-refractivity contribution in [2.24, 2.45) is 0 Å². The molecule has 0 bridgehead atoms. The lowest BCUT2D eigenvalue weighted by Gasteiger charge is -2.12. The third-order valence-electron chi connectivity index (χ3n) is 6.50. The molecule has 1 aromatic heterocycles. The molecular formula is C28H49N3O2. The van der Waals surface area contributed by atoms with Gasteiger partial charge in [0.2, 0.25) is 0 Å². The molecule has 0 radical (unpaired) electrons. The van der Waals surface area contributed by atoms with Gasteiger partial charge in [0, 0.05) is 17.7 Å². The summed E-state index contributed by atoms with van der Waals surface area (Å²) in [5.74, 6) is 0. The van der Waals surface area contributed by atoms with Crippen molar-refractivity contribution in [1.82, 2.24) is 9.78 Å². The molecule has 0 amide bonds. The van der Waals surface area contributed by atoms with E-state index in [0.717, 1.165) is 29.6 Å². The average Bonchev–Trinajstić information content (AvgIpc) is 3.19. The summed E-state index contributed by atoms with van der Waals surface area (Å²) in [6.45, 7) is 3.81. The van der Waals surface area contributed by atoms with Crippen molar-refractivity contribution in [3.05, 3.63) is 24.4 Å². The zero-order valence-corrected chi connectivity index (χ0v) is 21.1. The standard InChI is InChI=1S/C28H49N3O2/c1-2-3-4-5-6-7-8-9-10-11-12-13-14-15-16-17-20-33-24-27(32)23-31-28-19-18-26(29)21-25(28)22-30-31/h18-19,21-22,27,32H,2-17,20,23-24,29H2,1H3. The molecule has 2 aromatic rings. The molecule has 33 heavy (non-hydrogen) atoms. The second-order valence-electron chi connectivity index (χ2n) is 9.68. The molecule has 0 saturated heterocycles. The number of hydrogen-bond donors (Lipinski definition) is 2. The number of hydrogen-bond acceptors (Lipinski definition) is 4. The Bertz CT molecular complexity index is 731. The molecule has 0 fully saturated rings. The zero-order valence-electron chi connectivity index (χ0n) is 21.1. The van der Waals surface area contributed by atoms with Gasteiger partial charge >= 0.3 is 0 Å². The Morgan fingerprint density at radius 1 is 0.848 bits per heavy atom. The Balaban J connectivity index is 1.34. The predicted octanol–water partition coefficient (Wildman–Crippen LogP) is 7.26. The molecule has 5 nitrogen and oxygen atoms in total. The fourth-order valence-electron chi connectivity index (χ4n) is 4.47. The van der Waals surface area contributed by atoms with E-state index in [2.05, 4.69) is 12.0 Å². The van der Waals surface area contributed by atoms with E-state index in [4.69, 9.17) is 10.5 Å². The van der Waals surface area contributed by atoms with Gasteiger partial charge in [0.25, 0.3) is 0 Å². The van der Waals surface area contributed by atoms with Gasteiger partial charge in [-0.25, -0.2) is 0 Å². The fraction of sp³-hybridized carbons (Fsp3) is 0.750. The number of fused-ring (bicyclic) bond motifs is 1. The van der Waals surface area contributed by atoms with Crippen molar-refractivity contribution in [2.45, 2.75) is 122 Å². The highest BCUT2D eigenvalue weighted by Gasteiger charge is 2.09. The van der Waals surface area contributed by atoms with Crippen LogP contribution in [0.15, 0.2) is 24.4 Å². The number of nitrogen functional groups attached to an aromatic ring is 1. The van der Waals surface area contributed by atoms with Crippen LogP contribution in [-0.2, 0) is 11.3 Å². The molecule has 0 saturated carbocycles. The Morgan fingerprint density at radius 3 is 1.97 bits per heavy atom. The van der Waals surface area contributed by atoms with Gasteiger partial charge in [-0.3, -0.25) is 4.68 Å². The second-order valence-corrected chi connectivity index (χ2v) is 9.68.